The van der Waals surface area contributed by atoms with Gasteiger partial charge in [-0.15, -0.1) is 11.3 Å². The minimum atomic E-state index is -0.395. The summed E-state index contributed by atoms with van der Waals surface area (Å²) in [5, 5.41) is 6.49. The van der Waals surface area contributed by atoms with Crippen molar-refractivity contribution in [2.45, 2.75) is 39.7 Å². The largest absolute Gasteiger partial charge is 0.289 e. The van der Waals surface area contributed by atoms with Crippen LogP contribution in [0.1, 0.15) is 37.5 Å². The first-order chi connectivity index (χ1) is 15.7. The van der Waals surface area contributed by atoms with Crippen LogP contribution < -0.4 is 11.0 Å². The van der Waals surface area contributed by atoms with Crippen molar-refractivity contribution >= 4 is 33.7 Å². The molecule has 2 aromatic heterocycles. The summed E-state index contributed by atoms with van der Waals surface area (Å²) < 4.78 is 1.32. The molecule has 33 heavy (non-hydrogen) atoms. The molecule has 2 heterocycles. The third kappa shape index (κ3) is 5.09. The number of carbonyl (C=O) groups excluding carboxylic acids is 1. The van der Waals surface area contributed by atoms with E-state index in [1.165, 1.54) is 27.8 Å². The molecule has 4 aromatic rings. The molecule has 0 radical (unpaired) electrons. The first-order valence-electron chi connectivity index (χ1n) is 10.7. The van der Waals surface area contributed by atoms with Gasteiger partial charge >= 0.3 is 0 Å². The summed E-state index contributed by atoms with van der Waals surface area (Å²) in [5.74, 6) is -0.395. The third-order valence-corrected chi connectivity index (χ3v) is 6.30. The Bertz CT molecular complexity index is 1380. The zero-order valence-electron chi connectivity index (χ0n) is 19.1. The lowest BCUT2D eigenvalue weighted by atomic mass is 9.87. The number of nitrogens with one attached hydrogen (secondary N) is 1. The van der Waals surface area contributed by atoms with Crippen molar-refractivity contribution in [3.63, 3.8) is 0 Å². The van der Waals surface area contributed by atoms with E-state index >= 15 is 0 Å². The maximum Gasteiger partial charge on any atom is 0.263 e. The highest BCUT2D eigenvalue weighted by molar-refractivity contribution is 7.17. The van der Waals surface area contributed by atoms with Gasteiger partial charge in [-0.1, -0.05) is 74.9 Å². The van der Waals surface area contributed by atoms with E-state index in [1.807, 2.05) is 48.7 Å². The van der Waals surface area contributed by atoms with Gasteiger partial charge in [-0.2, -0.15) is 5.10 Å². The predicted octanol–water partition coefficient (Wildman–Crippen LogP) is 4.88. The van der Waals surface area contributed by atoms with Crippen LogP contribution in [0.5, 0.6) is 0 Å². The van der Waals surface area contributed by atoms with Gasteiger partial charge in [0.2, 0.25) is 0 Å². The van der Waals surface area contributed by atoms with E-state index in [-0.39, 0.29) is 17.5 Å². The molecular formula is C26H26N4O2S. The summed E-state index contributed by atoms with van der Waals surface area (Å²) in [5.41, 5.74) is 7.37. The summed E-state index contributed by atoms with van der Waals surface area (Å²) >= 11 is 1.42. The quantitative estimate of drug-likeness (QED) is 0.342. The zero-order valence-corrected chi connectivity index (χ0v) is 19.9. The van der Waals surface area contributed by atoms with Gasteiger partial charge in [-0.25, -0.2) is 10.4 Å². The highest BCUT2D eigenvalue weighted by Gasteiger charge is 2.15. The van der Waals surface area contributed by atoms with Crippen LogP contribution in [0.4, 0.5) is 0 Å². The Labute approximate surface area is 196 Å². The Morgan fingerprint density at radius 1 is 1.12 bits per heavy atom. The number of hydrogen-bond donors (Lipinski definition) is 1. The van der Waals surface area contributed by atoms with E-state index in [9.17, 15) is 9.59 Å². The van der Waals surface area contributed by atoms with Crippen LogP contribution >= 0.6 is 11.3 Å². The molecule has 0 aliphatic rings. The van der Waals surface area contributed by atoms with E-state index in [2.05, 4.69) is 48.4 Å². The van der Waals surface area contributed by atoms with Crippen LogP contribution in [-0.2, 0) is 16.8 Å². The fourth-order valence-corrected chi connectivity index (χ4v) is 4.37. The van der Waals surface area contributed by atoms with E-state index in [0.29, 0.717) is 10.2 Å². The number of amides is 1. The summed E-state index contributed by atoms with van der Waals surface area (Å²) in [4.78, 5) is 30.5. The third-order valence-electron chi connectivity index (χ3n) is 5.42. The molecule has 0 aliphatic heterocycles. The van der Waals surface area contributed by atoms with Crippen molar-refractivity contribution < 1.29 is 4.79 Å². The van der Waals surface area contributed by atoms with E-state index in [1.54, 1.807) is 6.21 Å². The molecule has 0 spiro atoms. The van der Waals surface area contributed by atoms with Crippen molar-refractivity contribution in [1.29, 1.82) is 0 Å². The molecule has 0 atom stereocenters. The number of benzene rings is 2. The number of aromatic nitrogens is 2. The maximum absolute atomic E-state index is 13.1. The monoisotopic (exact) mass is 458 g/mol. The van der Waals surface area contributed by atoms with Crippen molar-refractivity contribution in [2.75, 3.05) is 0 Å². The van der Waals surface area contributed by atoms with Gasteiger partial charge in [0, 0.05) is 10.9 Å². The number of carbonyl (C=O) groups is 1. The number of hydrogen-bond acceptors (Lipinski definition) is 5. The molecule has 0 saturated carbocycles. The number of rotatable bonds is 5. The van der Waals surface area contributed by atoms with E-state index < -0.39 is 5.91 Å². The first kappa shape index (κ1) is 22.6. The Balaban J connectivity index is 1.48. The molecule has 0 fully saturated rings. The smallest absolute Gasteiger partial charge is 0.263 e. The molecule has 4 rings (SSSR count). The molecule has 2 aromatic carbocycles. The Morgan fingerprint density at radius 2 is 1.82 bits per heavy atom. The summed E-state index contributed by atoms with van der Waals surface area (Å²) in [6.45, 7) is 8.33. The molecule has 0 aliphatic carbocycles. The van der Waals surface area contributed by atoms with Crippen LogP contribution in [0.3, 0.4) is 0 Å². The van der Waals surface area contributed by atoms with Crippen molar-refractivity contribution in [1.82, 2.24) is 15.0 Å². The lowest BCUT2D eigenvalue weighted by Crippen LogP contribution is -2.30. The normalized spacial score (nSPS) is 11.9. The van der Waals surface area contributed by atoms with Gasteiger partial charge in [0.25, 0.3) is 11.5 Å². The van der Waals surface area contributed by atoms with Gasteiger partial charge in [0.15, 0.2) is 0 Å². The highest BCUT2D eigenvalue weighted by atomic mass is 32.1. The predicted molar refractivity (Wildman–Crippen MR) is 135 cm³/mol. The second kappa shape index (κ2) is 9.11. The minimum Gasteiger partial charge on any atom is -0.289 e. The maximum atomic E-state index is 13.1. The Hall–Kier alpha value is -3.58. The van der Waals surface area contributed by atoms with Gasteiger partial charge in [0.05, 0.1) is 17.9 Å². The van der Waals surface area contributed by atoms with Crippen LogP contribution in [0.2, 0.25) is 0 Å². The average molecular weight is 459 g/mol. The van der Waals surface area contributed by atoms with Crippen LogP contribution in [-0.4, -0.2) is 21.7 Å². The fraction of sp³-hybridized carbons (Fsp3) is 0.231. The average Bonchev–Trinajstić information content (AvgIpc) is 3.21. The SMILES string of the molecule is Cc1ccc(-c2csc3ncn(CC(=O)NN=Cc4ccc(C(C)(C)C)cc4)c(=O)c23)cc1. The lowest BCUT2D eigenvalue weighted by molar-refractivity contribution is -0.121. The molecular weight excluding hydrogens is 432 g/mol. The second-order valence-corrected chi connectivity index (χ2v) is 9.90. The number of thiophene rings is 1. The lowest BCUT2D eigenvalue weighted by Gasteiger charge is -2.18. The van der Waals surface area contributed by atoms with Crippen LogP contribution in [0.15, 0.2) is 70.1 Å². The van der Waals surface area contributed by atoms with Gasteiger partial charge in [0.1, 0.15) is 11.4 Å². The van der Waals surface area contributed by atoms with E-state index in [0.717, 1.165) is 22.3 Å². The topological polar surface area (TPSA) is 76.3 Å². The van der Waals surface area contributed by atoms with Crippen LogP contribution in [0, 0.1) is 6.92 Å². The number of nitrogens with zero attached hydrogens (tertiary/aromatic N) is 3. The number of fused-ring (bicyclic) bond motifs is 1. The Kier molecular flexibility index (Phi) is 6.24. The molecule has 1 N–H and O–H groups in total. The second-order valence-electron chi connectivity index (χ2n) is 9.04. The summed E-state index contributed by atoms with van der Waals surface area (Å²) in [6.07, 6.45) is 3.00. The van der Waals surface area contributed by atoms with Gasteiger partial charge in [-0.05, 0) is 29.0 Å². The molecule has 168 valence electrons. The first-order valence-corrected chi connectivity index (χ1v) is 11.6. The molecule has 1 amide bonds. The fourth-order valence-electron chi connectivity index (χ4n) is 3.46. The molecule has 0 saturated heterocycles. The molecule has 0 bridgehead atoms. The molecule has 0 unspecified atom stereocenters. The van der Waals surface area contributed by atoms with Crippen molar-refractivity contribution in [3.8, 4) is 11.1 Å². The molecule has 7 heteroatoms. The van der Waals surface area contributed by atoms with Crippen molar-refractivity contribution in [2.24, 2.45) is 5.10 Å². The van der Waals surface area contributed by atoms with Crippen molar-refractivity contribution in [3.05, 3.63) is 87.3 Å². The van der Waals surface area contributed by atoms with Gasteiger partial charge < -0.3 is 0 Å². The van der Waals surface area contributed by atoms with Gasteiger partial charge in [-0.3, -0.25) is 14.2 Å². The Morgan fingerprint density at radius 3 is 2.48 bits per heavy atom. The van der Waals surface area contributed by atoms with Crippen LogP contribution in [0.25, 0.3) is 21.3 Å². The summed E-state index contributed by atoms with van der Waals surface area (Å²) in [7, 11) is 0. The zero-order chi connectivity index (χ0) is 23.6. The minimum absolute atomic E-state index is 0.0774. The standard InChI is InChI=1S/C26H26N4O2S/c1-17-5-9-19(10-6-17)21-15-33-24-23(21)25(32)30(16-27-24)14-22(31)29-28-13-18-7-11-20(12-8-18)26(2,3)4/h5-13,15-16H,14H2,1-4H3,(H,29,31). The number of hydrazone groups is 1. The van der Waals surface area contributed by atoms with E-state index in [4.69, 9.17) is 0 Å². The molecule has 6 nitrogen and oxygen atoms in total. The summed E-state index contributed by atoms with van der Waals surface area (Å²) in [6, 6.07) is 16.0. The number of aryl methyl sites for hydroxylation is 1. The highest BCUT2D eigenvalue weighted by Crippen LogP contribution is 2.30.